The van der Waals surface area contributed by atoms with Crippen LogP contribution in [0.15, 0.2) is 78.9 Å². The maximum Gasteiger partial charge on any atom is 0.312 e. The first-order valence-corrected chi connectivity index (χ1v) is 14.4. The fraction of sp³-hybridized carbons (Fsp3) is 0.364. The van der Waals surface area contributed by atoms with Gasteiger partial charge in [-0.15, -0.1) is 0 Å². The standard InChI is InChI=1S/C33H33N3O5/c1-3-41-31(38)28-27(25-14-9-19-35(25)33(28)23-12-7-8-13-24(23)34-32(33)39)29-26(20-10-5-4-6-11-20)30(37)36(29)21-15-17-22(40-2)18-16-21/h4-8,10-13,15-18,25-29H,3,9,14,19H2,1-2H3,(H,34,39)/t25?,26-,27+,28+,29-,33-/m1/s1. The summed E-state index contributed by atoms with van der Waals surface area (Å²) >= 11 is 0. The summed E-state index contributed by atoms with van der Waals surface area (Å²) in [5, 5.41) is 3.09. The van der Waals surface area contributed by atoms with Gasteiger partial charge in [0, 0.05) is 28.9 Å². The number of hydrogen-bond donors (Lipinski definition) is 1. The van der Waals surface area contributed by atoms with Crippen LogP contribution in [0.25, 0.3) is 0 Å². The van der Waals surface area contributed by atoms with E-state index in [4.69, 9.17) is 9.47 Å². The van der Waals surface area contributed by atoms with E-state index in [2.05, 4.69) is 10.2 Å². The normalized spacial score (nSPS) is 30.1. The van der Waals surface area contributed by atoms with Gasteiger partial charge in [0.1, 0.15) is 11.3 Å². The van der Waals surface area contributed by atoms with Crippen molar-refractivity contribution in [2.75, 3.05) is 30.5 Å². The van der Waals surface area contributed by atoms with Crippen LogP contribution in [-0.4, -0.2) is 55.0 Å². The number of hydrogen-bond acceptors (Lipinski definition) is 6. The van der Waals surface area contributed by atoms with Gasteiger partial charge in [0.15, 0.2) is 0 Å². The maximum atomic E-state index is 14.2. The van der Waals surface area contributed by atoms with Crippen LogP contribution in [0.2, 0.25) is 0 Å². The molecule has 1 unspecified atom stereocenters. The Morgan fingerprint density at radius 3 is 2.46 bits per heavy atom. The van der Waals surface area contributed by atoms with E-state index in [1.165, 1.54) is 0 Å². The molecule has 4 aliphatic heterocycles. The van der Waals surface area contributed by atoms with E-state index in [0.29, 0.717) is 12.3 Å². The molecule has 7 rings (SSSR count). The molecule has 1 spiro atoms. The molecule has 2 amide bonds. The second-order valence-electron chi connectivity index (χ2n) is 11.3. The molecule has 0 saturated carbocycles. The van der Waals surface area contributed by atoms with Crippen molar-refractivity contribution in [3.05, 3.63) is 90.0 Å². The Kier molecular flexibility index (Phi) is 6.12. The lowest BCUT2D eigenvalue weighted by Gasteiger charge is -2.52. The maximum absolute atomic E-state index is 14.2. The van der Waals surface area contributed by atoms with Crippen molar-refractivity contribution in [3.8, 4) is 5.75 Å². The topological polar surface area (TPSA) is 88.2 Å². The number of rotatable bonds is 6. The van der Waals surface area contributed by atoms with Crippen LogP contribution >= 0.6 is 0 Å². The lowest BCUT2D eigenvalue weighted by Crippen LogP contribution is -2.65. The van der Waals surface area contributed by atoms with Crippen molar-refractivity contribution in [2.24, 2.45) is 11.8 Å². The number of nitrogens with zero attached hydrogens (tertiary/aromatic N) is 2. The Hall–Kier alpha value is -4.17. The molecule has 4 heterocycles. The highest BCUT2D eigenvalue weighted by Crippen LogP contribution is 2.62. The second kappa shape index (κ2) is 9.73. The number of fused-ring (bicyclic) bond motifs is 4. The van der Waals surface area contributed by atoms with Crippen molar-refractivity contribution in [3.63, 3.8) is 0 Å². The Balaban J connectivity index is 1.43. The number of ether oxygens (including phenoxy) is 2. The number of para-hydroxylation sites is 1. The number of methoxy groups -OCH3 is 1. The van der Waals surface area contributed by atoms with Gasteiger partial charge in [0.05, 0.1) is 31.6 Å². The van der Waals surface area contributed by atoms with Gasteiger partial charge < -0.3 is 19.7 Å². The second-order valence-corrected chi connectivity index (χ2v) is 11.3. The molecular formula is C33H33N3O5. The Labute approximate surface area is 239 Å². The van der Waals surface area contributed by atoms with E-state index in [0.717, 1.165) is 35.3 Å². The number of benzene rings is 3. The summed E-state index contributed by atoms with van der Waals surface area (Å²) in [7, 11) is 1.61. The van der Waals surface area contributed by atoms with Crippen molar-refractivity contribution in [1.82, 2.24) is 4.90 Å². The molecule has 3 fully saturated rings. The third-order valence-corrected chi connectivity index (χ3v) is 9.55. The molecule has 3 saturated heterocycles. The van der Waals surface area contributed by atoms with E-state index in [-0.39, 0.29) is 42.4 Å². The van der Waals surface area contributed by atoms with Crippen molar-refractivity contribution in [2.45, 2.75) is 43.3 Å². The van der Waals surface area contributed by atoms with Crippen LogP contribution in [0.5, 0.6) is 5.75 Å². The molecular weight excluding hydrogens is 518 g/mol. The number of anilines is 2. The molecule has 210 valence electrons. The van der Waals surface area contributed by atoms with Gasteiger partial charge in [0.2, 0.25) is 5.91 Å². The molecule has 0 aliphatic carbocycles. The highest BCUT2D eigenvalue weighted by Gasteiger charge is 2.73. The predicted molar refractivity (Wildman–Crippen MR) is 154 cm³/mol. The Morgan fingerprint density at radius 2 is 1.73 bits per heavy atom. The van der Waals surface area contributed by atoms with Gasteiger partial charge in [0.25, 0.3) is 5.91 Å². The summed E-state index contributed by atoms with van der Waals surface area (Å²) in [6.45, 7) is 2.69. The minimum absolute atomic E-state index is 0.0178. The van der Waals surface area contributed by atoms with E-state index in [1.54, 1.807) is 14.0 Å². The van der Waals surface area contributed by atoms with Crippen LogP contribution in [-0.2, 0) is 24.7 Å². The summed E-state index contributed by atoms with van der Waals surface area (Å²) in [5.41, 5.74) is 2.01. The molecule has 3 aromatic carbocycles. The minimum Gasteiger partial charge on any atom is -0.497 e. The van der Waals surface area contributed by atoms with Gasteiger partial charge in [-0.1, -0.05) is 48.5 Å². The smallest absolute Gasteiger partial charge is 0.312 e. The molecule has 6 atom stereocenters. The third kappa shape index (κ3) is 3.53. The molecule has 41 heavy (non-hydrogen) atoms. The van der Waals surface area contributed by atoms with Crippen molar-refractivity contribution in [1.29, 1.82) is 0 Å². The number of carbonyl (C=O) groups is 3. The molecule has 3 aromatic rings. The van der Waals surface area contributed by atoms with Gasteiger partial charge in [-0.25, -0.2) is 0 Å². The van der Waals surface area contributed by atoms with Crippen LogP contribution in [0, 0.1) is 11.8 Å². The monoisotopic (exact) mass is 551 g/mol. The Bertz CT molecular complexity index is 1510. The molecule has 0 bridgehead atoms. The first-order chi connectivity index (χ1) is 20.0. The van der Waals surface area contributed by atoms with Crippen LogP contribution < -0.4 is 15.0 Å². The van der Waals surface area contributed by atoms with E-state index in [9.17, 15) is 14.4 Å². The van der Waals surface area contributed by atoms with E-state index < -0.39 is 17.4 Å². The molecule has 1 N–H and O–H groups in total. The first kappa shape index (κ1) is 25.8. The number of β-lactam (4-membered cyclic amide) rings is 1. The highest BCUT2D eigenvalue weighted by atomic mass is 16.5. The zero-order valence-electron chi connectivity index (χ0n) is 23.2. The summed E-state index contributed by atoms with van der Waals surface area (Å²) in [4.78, 5) is 46.4. The fourth-order valence-corrected chi connectivity index (χ4v) is 8.10. The molecule has 4 aliphatic rings. The predicted octanol–water partition coefficient (Wildman–Crippen LogP) is 4.32. The van der Waals surface area contributed by atoms with Gasteiger partial charge in [-0.2, -0.15) is 0 Å². The fourth-order valence-electron chi connectivity index (χ4n) is 8.10. The Morgan fingerprint density at radius 1 is 1.00 bits per heavy atom. The molecule has 8 heteroatoms. The average Bonchev–Trinajstić information content (AvgIpc) is 3.66. The van der Waals surface area contributed by atoms with Crippen molar-refractivity contribution < 1.29 is 23.9 Å². The van der Waals surface area contributed by atoms with Crippen LogP contribution in [0.4, 0.5) is 11.4 Å². The average molecular weight is 552 g/mol. The number of esters is 1. The lowest BCUT2D eigenvalue weighted by molar-refractivity contribution is -0.157. The molecule has 0 aromatic heterocycles. The number of carbonyl (C=O) groups excluding carboxylic acids is 3. The largest absolute Gasteiger partial charge is 0.497 e. The van der Waals surface area contributed by atoms with Crippen molar-refractivity contribution >= 4 is 29.2 Å². The number of amides is 2. The van der Waals surface area contributed by atoms with E-state index in [1.807, 2.05) is 83.8 Å². The zero-order valence-corrected chi connectivity index (χ0v) is 23.2. The first-order valence-electron chi connectivity index (χ1n) is 14.4. The lowest BCUT2D eigenvalue weighted by atomic mass is 9.64. The number of nitrogens with one attached hydrogen (secondary N) is 1. The summed E-state index contributed by atoms with van der Waals surface area (Å²) in [6, 6.07) is 24.5. The van der Waals surface area contributed by atoms with Gasteiger partial charge >= 0.3 is 5.97 Å². The third-order valence-electron chi connectivity index (χ3n) is 9.55. The van der Waals surface area contributed by atoms with Gasteiger partial charge in [-0.3, -0.25) is 19.3 Å². The minimum atomic E-state index is -1.19. The highest BCUT2D eigenvalue weighted by molar-refractivity contribution is 6.10. The SMILES string of the molecule is CCOC(=O)[C@@H]1[C@@H]([C@H]2[C@@H](c3ccccc3)C(=O)N2c2ccc(OC)cc2)C2CCCN2[C@@]12C(=O)Nc1ccccc12. The summed E-state index contributed by atoms with van der Waals surface area (Å²) < 4.78 is 11.1. The zero-order chi connectivity index (χ0) is 28.3. The summed E-state index contributed by atoms with van der Waals surface area (Å²) in [5.74, 6) is -1.47. The summed E-state index contributed by atoms with van der Waals surface area (Å²) in [6.07, 6.45) is 1.74. The molecule has 0 radical (unpaired) electrons. The van der Waals surface area contributed by atoms with Crippen LogP contribution in [0.3, 0.4) is 0 Å². The van der Waals surface area contributed by atoms with Crippen LogP contribution in [0.1, 0.15) is 36.8 Å². The van der Waals surface area contributed by atoms with E-state index >= 15 is 0 Å². The quantitative estimate of drug-likeness (QED) is 0.363. The van der Waals surface area contributed by atoms with Gasteiger partial charge in [-0.05, 0) is 62.2 Å². The molecule has 8 nitrogen and oxygen atoms in total.